The van der Waals surface area contributed by atoms with Gasteiger partial charge in [-0.1, -0.05) is 72.4 Å². The molecule has 0 saturated carbocycles. The van der Waals surface area contributed by atoms with Crippen LogP contribution in [-0.4, -0.2) is 40.3 Å². The van der Waals surface area contributed by atoms with E-state index in [2.05, 4.69) is 4.99 Å². The summed E-state index contributed by atoms with van der Waals surface area (Å²) in [4.78, 5) is 32.2. The first kappa shape index (κ1) is 21.9. The fourth-order valence-corrected chi connectivity index (χ4v) is 4.73. The van der Waals surface area contributed by atoms with Crippen LogP contribution in [0.15, 0.2) is 76.9 Å². The van der Waals surface area contributed by atoms with Gasteiger partial charge in [-0.3, -0.25) is 9.69 Å². The molecule has 2 aromatic rings. The van der Waals surface area contributed by atoms with Crippen LogP contribution in [0.5, 0.6) is 5.75 Å². The van der Waals surface area contributed by atoms with E-state index in [1.807, 2.05) is 73.7 Å². The predicted octanol–water partition coefficient (Wildman–Crippen LogP) is 4.43. The number of allylic oxidation sites excluding steroid dienone is 1. The molecule has 0 spiro atoms. The zero-order valence-corrected chi connectivity index (χ0v) is 19.0. The molecular weight excluding hydrogens is 424 g/mol. The predicted molar refractivity (Wildman–Crippen MR) is 126 cm³/mol. The molecule has 2 aliphatic heterocycles. The van der Waals surface area contributed by atoms with Crippen LogP contribution < -0.4 is 4.74 Å². The molecular formula is C25H24N2O4S. The number of rotatable bonds is 6. The number of aliphatic imine (C=N–C) groups is 1. The molecule has 0 unspecified atom stereocenters. The summed E-state index contributed by atoms with van der Waals surface area (Å²) >= 11 is 1.40. The summed E-state index contributed by atoms with van der Waals surface area (Å²) < 4.78 is 11.0. The minimum absolute atomic E-state index is 0.0794. The van der Waals surface area contributed by atoms with Crippen LogP contribution >= 0.6 is 11.8 Å². The minimum atomic E-state index is -0.611. The number of thioether (sulfide) groups is 1. The second-order valence-electron chi connectivity index (χ2n) is 7.47. The van der Waals surface area contributed by atoms with Gasteiger partial charge in [0, 0.05) is 5.56 Å². The first-order chi connectivity index (χ1) is 15.5. The van der Waals surface area contributed by atoms with Crippen LogP contribution in [0.2, 0.25) is 0 Å². The van der Waals surface area contributed by atoms with E-state index < -0.39 is 12.0 Å². The number of amidine groups is 1. The minimum Gasteiger partial charge on any atom is -0.496 e. The third kappa shape index (κ3) is 4.34. The number of hydrogen-bond acceptors (Lipinski definition) is 6. The van der Waals surface area contributed by atoms with Crippen molar-refractivity contribution in [2.75, 3.05) is 7.11 Å². The topological polar surface area (TPSA) is 68.2 Å². The van der Waals surface area contributed by atoms with E-state index >= 15 is 0 Å². The van der Waals surface area contributed by atoms with Crippen molar-refractivity contribution in [3.63, 3.8) is 0 Å². The third-order valence-electron chi connectivity index (χ3n) is 5.33. The van der Waals surface area contributed by atoms with Crippen molar-refractivity contribution in [1.82, 2.24) is 4.90 Å². The smallest absolute Gasteiger partial charge is 0.338 e. The number of ether oxygens (including phenoxy) is 2. The highest BCUT2D eigenvalue weighted by molar-refractivity contribution is 8.15. The lowest BCUT2D eigenvalue weighted by molar-refractivity contribution is -0.141. The zero-order valence-electron chi connectivity index (χ0n) is 18.1. The van der Waals surface area contributed by atoms with Crippen LogP contribution in [-0.2, 0) is 20.9 Å². The number of hydrogen-bond donors (Lipinski definition) is 0. The van der Waals surface area contributed by atoms with Crippen molar-refractivity contribution < 1.29 is 19.1 Å². The lowest BCUT2D eigenvalue weighted by atomic mass is 10.00. The van der Waals surface area contributed by atoms with E-state index in [4.69, 9.17) is 9.47 Å². The van der Waals surface area contributed by atoms with Crippen molar-refractivity contribution in [2.24, 2.45) is 4.99 Å². The number of esters is 1. The lowest BCUT2D eigenvalue weighted by Crippen LogP contribution is -2.45. The number of nitrogens with zero attached hydrogens (tertiary/aromatic N) is 2. The number of carbonyl (C=O) groups is 2. The van der Waals surface area contributed by atoms with Gasteiger partial charge in [0.15, 0.2) is 5.17 Å². The highest BCUT2D eigenvalue weighted by Gasteiger charge is 2.44. The van der Waals surface area contributed by atoms with Crippen molar-refractivity contribution >= 4 is 34.9 Å². The number of amides is 1. The van der Waals surface area contributed by atoms with Gasteiger partial charge in [-0.2, -0.15) is 0 Å². The van der Waals surface area contributed by atoms with Crippen molar-refractivity contribution in [3.8, 4) is 5.75 Å². The molecule has 164 valence electrons. The van der Waals surface area contributed by atoms with Crippen molar-refractivity contribution in [2.45, 2.75) is 31.7 Å². The standard InChI is InChI=1S/C25H24N2O4S/c1-16-22(24(29)31-15-18-9-5-4-6-10-18)20(27-23(28)17(2)32-25(27)26-16)14-13-19-11-7-8-12-21(19)30-3/h4-14,17,20H,15H2,1-3H3/b14-13+/t17-,20-/m1/s1. The Morgan fingerprint density at radius 1 is 1.16 bits per heavy atom. The van der Waals surface area contributed by atoms with Crippen molar-refractivity contribution in [3.05, 3.63) is 83.1 Å². The summed E-state index contributed by atoms with van der Waals surface area (Å²) in [5, 5.41) is 0.345. The molecule has 32 heavy (non-hydrogen) atoms. The second-order valence-corrected chi connectivity index (χ2v) is 8.78. The van der Waals surface area contributed by atoms with E-state index in [-0.39, 0.29) is 17.8 Å². The average molecular weight is 449 g/mol. The molecule has 2 heterocycles. The zero-order chi connectivity index (χ0) is 22.7. The first-order valence-corrected chi connectivity index (χ1v) is 11.2. The summed E-state index contributed by atoms with van der Waals surface area (Å²) in [6.07, 6.45) is 3.71. The Balaban J connectivity index is 1.67. The summed E-state index contributed by atoms with van der Waals surface area (Å²) in [6, 6.07) is 16.5. The van der Waals surface area contributed by atoms with E-state index in [1.165, 1.54) is 11.8 Å². The quantitative estimate of drug-likeness (QED) is 0.612. The third-order valence-corrected chi connectivity index (χ3v) is 6.38. The number of benzene rings is 2. The van der Waals surface area contributed by atoms with Gasteiger partial charge in [-0.15, -0.1) is 0 Å². The number of methoxy groups -OCH3 is 1. The van der Waals surface area contributed by atoms with E-state index in [0.29, 0.717) is 22.2 Å². The molecule has 7 heteroatoms. The van der Waals surface area contributed by atoms with Crippen LogP contribution in [0.1, 0.15) is 25.0 Å². The molecule has 0 aliphatic carbocycles. The molecule has 4 rings (SSSR count). The highest BCUT2D eigenvalue weighted by Crippen LogP contribution is 2.37. The lowest BCUT2D eigenvalue weighted by Gasteiger charge is -2.30. The van der Waals surface area contributed by atoms with E-state index in [1.54, 1.807) is 18.9 Å². The van der Waals surface area contributed by atoms with Gasteiger partial charge in [0.25, 0.3) is 0 Å². The Morgan fingerprint density at radius 2 is 1.88 bits per heavy atom. The van der Waals surface area contributed by atoms with Gasteiger partial charge < -0.3 is 9.47 Å². The van der Waals surface area contributed by atoms with Crippen LogP contribution in [0.4, 0.5) is 0 Å². The van der Waals surface area contributed by atoms with Gasteiger partial charge in [-0.05, 0) is 25.5 Å². The molecule has 0 bridgehead atoms. The molecule has 1 saturated heterocycles. The SMILES string of the molecule is COc1ccccc1/C=C/[C@@H]1C(C(=O)OCc2ccccc2)=C(C)N=C2S[C@H](C)C(=O)N21. The molecule has 6 nitrogen and oxygen atoms in total. The molecule has 0 radical (unpaired) electrons. The summed E-state index contributed by atoms with van der Waals surface area (Å²) in [7, 11) is 1.61. The maximum Gasteiger partial charge on any atom is 0.338 e. The molecule has 0 aromatic heterocycles. The molecule has 1 fully saturated rings. The van der Waals surface area contributed by atoms with Crippen LogP contribution in [0.3, 0.4) is 0 Å². The maximum atomic E-state index is 13.2. The molecule has 0 N–H and O–H groups in total. The Labute approximate surface area is 191 Å². The fourth-order valence-electron chi connectivity index (χ4n) is 3.69. The average Bonchev–Trinajstić information content (AvgIpc) is 3.09. The van der Waals surface area contributed by atoms with Crippen molar-refractivity contribution in [1.29, 1.82) is 0 Å². The van der Waals surface area contributed by atoms with Gasteiger partial charge >= 0.3 is 5.97 Å². The maximum absolute atomic E-state index is 13.2. The van der Waals surface area contributed by atoms with E-state index in [9.17, 15) is 9.59 Å². The number of para-hydroxylation sites is 1. The van der Waals surface area contributed by atoms with Gasteiger partial charge in [0.2, 0.25) is 5.91 Å². The van der Waals surface area contributed by atoms with Gasteiger partial charge in [0.1, 0.15) is 12.4 Å². The van der Waals surface area contributed by atoms with Gasteiger partial charge in [0.05, 0.1) is 29.7 Å². The molecule has 2 aliphatic rings. The summed E-state index contributed by atoms with van der Waals surface area (Å²) in [5.41, 5.74) is 2.65. The Bertz CT molecular complexity index is 1120. The largest absolute Gasteiger partial charge is 0.496 e. The fraction of sp³-hybridized carbons (Fsp3) is 0.240. The van der Waals surface area contributed by atoms with Gasteiger partial charge in [-0.25, -0.2) is 9.79 Å². The van der Waals surface area contributed by atoms with Crippen LogP contribution in [0.25, 0.3) is 6.08 Å². The van der Waals surface area contributed by atoms with E-state index in [0.717, 1.165) is 11.1 Å². The Hall–Kier alpha value is -3.32. The Morgan fingerprint density at radius 3 is 2.62 bits per heavy atom. The number of carbonyl (C=O) groups excluding carboxylic acids is 2. The summed E-state index contributed by atoms with van der Waals surface area (Å²) in [5.74, 6) is 0.142. The second kappa shape index (κ2) is 9.44. The highest BCUT2D eigenvalue weighted by atomic mass is 32.2. The van der Waals surface area contributed by atoms with Crippen LogP contribution in [0, 0.1) is 0 Å². The Kier molecular flexibility index (Phi) is 6.46. The molecule has 1 amide bonds. The summed E-state index contributed by atoms with van der Waals surface area (Å²) in [6.45, 7) is 3.77. The molecule has 2 aromatic carbocycles. The molecule has 2 atom stereocenters. The first-order valence-electron chi connectivity index (χ1n) is 10.3. The normalized spacial score (nSPS) is 20.4. The monoisotopic (exact) mass is 448 g/mol. The number of fused-ring (bicyclic) bond motifs is 1.